The van der Waals surface area contributed by atoms with E-state index in [9.17, 15) is 4.79 Å². The minimum absolute atomic E-state index is 0.186. The van der Waals surface area contributed by atoms with Gasteiger partial charge < -0.3 is 11.1 Å². The van der Waals surface area contributed by atoms with Gasteiger partial charge in [0.25, 0.3) is 5.91 Å². The van der Waals surface area contributed by atoms with Crippen LogP contribution in [-0.4, -0.2) is 15.9 Å². The maximum atomic E-state index is 11.9. The van der Waals surface area contributed by atoms with Crippen molar-refractivity contribution in [2.24, 2.45) is 0 Å². The second kappa shape index (κ2) is 5.27. The fourth-order valence-corrected chi connectivity index (χ4v) is 1.56. The molecule has 0 fully saturated rings. The Hall–Kier alpha value is -2.43. The van der Waals surface area contributed by atoms with Crippen LogP contribution in [0, 0.1) is 6.92 Å². The van der Waals surface area contributed by atoms with E-state index >= 15 is 0 Å². The van der Waals surface area contributed by atoms with Crippen LogP contribution in [0.2, 0.25) is 0 Å². The number of nitrogens with zero attached hydrogens (tertiary/aromatic N) is 2. The van der Waals surface area contributed by atoms with Crippen molar-refractivity contribution < 1.29 is 4.79 Å². The predicted octanol–water partition coefficient (Wildman–Crippen LogP) is 1.30. The molecule has 0 saturated carbocycles. The molecule has 92 valence electrons. The normalized spacial score (nSPS) is 10.1. The second-order valence-electron chi connectivity index (χ2n) is 3.92. The van der Waals surface area contributed by atoms with Crippen molar-refractivity contribution in [2.45, 2.75) is 13.5 Å². The predicted molar refractivity (Wildman–Crippen MR) is 68.8 cm³/mol. The molecule has 0 aliphatic rings. The topological polar surface area (TPSA) is 80.9 Å². The third-order valence-corrected chi connectivity index (χ3v) is 2.58. The zero-order chi connectivity index (χ0) is 13.0. The van der Waals surface area contributed by atoms with E-state index in [0.29, 0.717) is 17.9 Å². The first-order chi connectivity index (χ1) is 8.66. The van der Waals surface area contributed by atoms with Crippen LogP contribution in [0.3, 0.4) is 0 Å². The van der Waals surface area contributed by atoms with Crippen LogP contribution in [-0.2, 0) is 6.54 Å². The Kier molecular flexibility index (Phi) is 3.52. The summed E-state index contributed by atoms with van der Waals surface area (Å²) in [4.78, 5) is 19.9. The lowest BCUT2D eigenvalue weighted by molar-refractivity contribution is 0.0950. The first-order valence-electron chi connectivity index (χ1n) is 5.57. The Morgan fingerprint density at radius 2 is 2.17 bits per heavy atom. The molecule has 0 saturated heterocycles. The van der Waals surface area contributed by atoms with Crippen LogP contribution in [0.4, 0.5) is 5.82 Å². The van der Waals surface area contributed by atoms with Gasteiger partial charge in [0.05, 0.1) is 12.2 Å². The highest BCUT2D eigenvalue weighted by molar-refractivity contribution is 5.94. The lowest BCUT2D eigenvalue weighted by atomic mass is 10.2. The van der Waals surface area contributed by atoms with Gasteiger partial charge in [-0.3, -0.25) is 9.78 Å². The summed E-state index contributed by atoms with van der Waals surface area (Å²) in [5.74, 6) is 0.144. The summed E-state index contributed by atoms with van der Waals surface area (Å²) in [6.07, 6.45) is 3.22. The summed E-state index contributed by atoms with van der Waals surface area (Å²) < 4.78 is 0. The van der Waals surface area contributed by atoms with Gasteiger partial charge in [-0.2, -0.15) is 0 Å². The molecule has 0 radical (unpaired) electrons. The number of nitrogens with two attached hydrogens (primary N) is 1. The summed E-state index contributed by atoms with van der Waals surface area (Å²) in [5, 5.41) is 2.80. The van der Waals surface area contributed by atoms with E-state index in [2.05, 4.69) is 15.3 Å². The third-order valence-electron chi connectivity index (χ3n) is 2.58. The molecule has 0 aliphatic heterocycles. The summed E-state index contributed by atoms with van der Waals surface area (Å²) in [6.45, 7) is 2.35. The molecule has 0 atom stereocenters. The number of amides is 1. The van der Waals surface area contributed by atoms with E-state index in [1.54, 1.807) is 18.3 Å². The Labute approximate surface area is 105 Å². The van der Waals surface area contributed by atoms with Gasteiger partial charge in [-0.25, -0.2) is 4.98 Å². The smallest absolute Gasteiger partial charge is 0.251 e. The van der Waals surface area contributed by atoms with Gasteiger partial charge in [-0.15, -0.1) is 0 Å². The summed E-state index contributed by atoms with van der Waals surface area (Å²) in [6, 6.07) is 6.99. The molecule has 3 N–H and O–H groups in total. The largest absolute Gasteiger partial charge is 0.384 e. The lowest BCUT2D eigenvalue weighted by Crippen LogP contribution is -2.23. The third kappa shape index (κ3) is 2.82. The van der Waals surface area contributed by atoms with E-state index in [0.717, 1.165) is 11.3 Å². The number of pyridine rings is 2. The Morgan fingerprint density at radius 1 is 1.33 bits per heavy atom. The fraction of sp³-hybridized carbons (Fsp3) is 0.154. The Morgan fingerprint density at radius 3 is 2.89 bits per heavy atom. The number of anilines is 1. The number of aryl methyl sites for hydroxylation is 1. The van der Waals surface area contributed by atoms with E-state index in [1.807, 2.05) is 19.1 Å². The van der Waals surface area contributed by atoms with Crippen molar-refractivity contribution in [3.8, 4) is 0 Å². The molecule has 0 spiro atoms. The SMILES string of the molecule is Cc1cccnc1CNC(=O)c1ccnc(N)c1. The van der Waals surface area contributed by atoms with Crippen molar-refractivity contribution in [2.75, 3.05) is 5.73 Å². The van der Waals surface area contributed by atoms with E-state index in [4.69, 9.17) is 5.73 Å². The molecule has 5 heteroatoms. The van der Waals surface area contributed by atoms with E-state index in [-0.39, 0.29) is 5.91 Å². The van der Waals surface area contributed by atoms with Crippen molar-refractivity contribution in [1.82, 2.24) is 15.3 Å². The van der Waals surface area contributed by atoms with Gasteiger partial charge >= 0.3 is 0 Å². The highest BCUT2D eigenvalue weighted by Crippen LogP contribution is 2.05. The number of nitrogens with one attached hydrogen (secondary N) is 1. The van der Waals surface area contributed by atoms with Crippen LogP contribution in [0.25, 0.3) is 0 Å². The quantitative estimate of drug-likeness (QED) is 0.850. The van der Waals surface area contributed by atoms with Crippen LogP contribution >= 0.6 is 0 Å². The highest BCUT2D eigenvalue weighted by Gasteiger charge is 2.07. The summed E-state index contributed by atoms with van der Waals surface area (Å²) in [7, 11) is 0. The maximum Gasteiger partial charge on any atom is 0.251 e. The maximum absolute atomic E-state index is 11.9. The number of carbonyl (C=O) groups is 1. The van der Waals surface area contributed by atoms with Gasteiger partial charge in [-0.1, -0.05) is 6.07 Å². The molecule has 5 nitrogen and oxygen atoms in total. The van der Waals surface area contributed by atoms with Crippen LogP contribution < -0.4 is 11.1 Å². The number of nitrogen functional groups attached to an aromatic ring is 1. The molecule has 0 aliphatic carbocycles. The molecule has 0 unspecified atom stereocenters. The summed E-state index contributed by atoms with van der Waals surface area (Å²) >= 11 is 0. The second-order valence-corrected chi connectivity index (χ2v) is 3.92. The van der Waals surface area contributed by atoms with Crippen molar-refractivity contribution in [3.63, 3.8) is 0 Å². The number of aromatic nitrogens is 2. The fourth-order valence-electron chi connectivity index (χ4n) is 1.56. The van der Waals surface area contributed by atoms with Crippen LogP contribution in [0.1, 0.15) is 21.6 Å². The monoisotopic (exact) mass is 242 g/mol. The summed E-state index contributed by atoms with van der Waals surface area (Å²) in [5.41, 5.74) is 7.92. The molecule has 2 heterocycles. The van der Waals surface area contributed by atoms with Gasteiger partial charge in [0, 0.05) is 18.0 Å². The standard InChI is InChI=1S/C13H14N4O/c1-9-3-2-5-15-11(9)8-17-13(18)10-4-6-16-12(14)7-10/h2-7H,8H2,1H3,(H2,14,16)(H,17,18). The molecule has 2 aromatic rings. The molecular weight excluding hydrogens is 228 g/mol. The first-order valence-corrected chi connectivity index (χ1v) is 5.57. The van der Waals surface area contributed by atoms with Gasteiger partial charge in [-0.05, 0) is 30.7 Å². The minimum atomic E-state index is -0.186. The van der Waals surface area contributed by atoms with Gasteiger partial charge in [0.15, 0.2) is 0 Å². The molecule has 2 rings (SSSR count). The molecular formula is C13H14N4O. The minimum Gasteiger partial charge on any atom is -0.384 e. The molecule has 1 amide bonds. The lowest BCUT2D eigenvalue weighted by Gasteiger charge is -2.07. The molecule has 18 heavy (non-hydrogen) atoms. The van der Waals surface area contributed by atoms with Crippen LogP contribution in [0.5, 0.6) is 0 Å². The molecule has 0 bridgehead atoms. The van der Waals surface area contributed by atoms with Gasteiger partial charge in [0.2, 0.25) is 0 Å². The first kappa shape index (κ1) is 12.0. The number of carbonyl (C=O) groups excluding carboxylic acids is 1. The molecule has 0 aromatic carbocycles. The van der Waals surface area contributed by atoms with Crippen molar-refractivity contribution >= 4 is 11.7 Å². The van der Waals surface area contributed by atoms with Crippen molar-refractivity contribution in [1.29, 1.82) is 0 Å². The zero-order valence-corrected chi connectivity index (χ0v) is 10.1. The van der Waals surface area contributed by atoms with E-state index in [1.165, 1.54) is 6.20 Å². The number of hydrogen-bond acceptors (Lipinski definition) is 4. The number of hydrogen-bond donors (Lipinski definition) is 2. The average molecular weight is 242 g/mol. The van der Waals surface area contributed by atoms with Crippen molar-refractivity contribution in [3.05, 3.63) is 53.5 Å². The zero-order valence-electron chi connectivity index (χ0n) is 10.1. The molecule has 2 aromatic heterocycles. The van der Waals surface area contributed by atoms with E-state index < -0.39 is 0 Å². The average Bonchev–Trinajstić information content (AvgIpc) is 2.37. The Balaban J connectivity index is 2.03. The Bertz CT molecular complexity index is 568. The van der Waals surface area contributed by atoms with Crippen LogP contribution in [0.15, 0.2) is 36.7 Å². The number of rotatable bonds is 3. The highest BCUT2D eigenvalue weighted by atomic mass is 16.1. The van der Waals surface area contributed by atoms with Gasteiger partial charge in [0.1, 0.15) is 5.82 Å².